The maximum atomic E-state index is 12.7. The van der Waals surface area contributed by atoms with E-state index in [0.29, 0.717) is 39.5 Å². The number of unbranched alkanes of at least 4 members (excludes halogenated alkanes) is 3. The number of aryl methyl sites for hydroxylation is 2. The second kappa shape index (κ2) is 12.1. The molecule has 0 aliphatic rings. The molecule has 2 N–H and O–H groups in total. The number of ether oxygens (including phenoxy) is 1. The fourth-order valence-corrected chi connectivity index (χ4v) is 4.78. The molecule has 0 bridgehead atoms. The van der Waals surface area contributed by atoms with Crippen molar-refractivity contribution in [3.05, 3.63) is 70.0 Å². The van der Waals surface area contributed by atoms with Gasteiger partial charge in [0.05, 0.1) is 16.0 Å². The topological polar surface area (TPSA) is 110 Å². The predicted molar refractivity (Wildman–Crippen MR) is 140 cm³/mol. The lowest BCUT2D eigenvalue weighted by Crippen LogP contribution is -2.16. The van der Waals surface area contributed by atoms with E-state index in [9.17, 15) is 13.2 Å². The third-order valence-corrected chi connectivity index (χ3v) is 7.04. The lowest BCUT2D eigenvalue weighted by atomic mass is 10.2. The standard InChI is InChI=1S/C25H29BrN4O4S/c1-4-5-6-7-14-34-23-13-8-19(16-22(23)26)24(31)29-20-9-11-21(12-10-20)35(32,33)30-25-27-17(2)15-18(3)28-25/h8-13,15-16H,4-7,14H2,1-3H3,(H,29,31)(H,27,28,30). The van der Waals surface area contributed by atoms with E-state index in [-0.39, 0.29) is 16.8 Å². The highest BCUT2D eigenvalue weighted by atomic mass is 79.9. The van der Waals surface area contributed by atoms with Gasteiger partial charge in [-0.3, -0.25) is 4.79 Å². The first-order chi connectivity index (χ1) is 16.7. The quantitative estimate of drug-likeness (QED) is 0.284. The van der Waals surface area contributed by atoms with E-state index in [2.05, 4.69) is 42.9 Å². The molecule has 0 fully saturated rings. The minimum Gasteiger partial charge on any atom is -0.492 e. The van der Waals surface area contributed by atoms with Crippen molar-refractivity contribution in [1.29, 1.82) is 0 Å². The number of halogens is 1. The molecular formula is C25H29BrN4O4S. The van der Waals surface area contributed by atoms with E-state index in [1.165, 1.54) is 37.1 Å². The number of sulfonamides is 1. The van der Waals surface area contributed by atoms with Gasteiger partial charge in [-0.05, 0) is 84.7 Å². The summed E-state index contributed by atoms with van der Waals surface area (Å²) in [7, 11) is -3.88. The van der Waals surface area contributed by atoms with Crippen molar-refractivity contribution >= 4 is 43.5 Å². The zero-order valence-corrected chi connectivity index (χ0v) is 22.4. The van der Waals surface area contributed by atoms with Crippen molar-refractivity contribution in [1.82, 2.24) is 9.97 Å². The lowest BCUT2D eigenvalue weighted by molar-refractivity contribution is 0.102. The van der Waals surface area contributed by atoms with Crippen LogP contribution in [0.1, 0.15) is 54.4 Å². The van der Waals surface area contributed by atoms with E-state index in [4.69, 9.17) is 4.74 Å². The van der Waals surface area contributed by atoms with Crippen molar-refractivity contribution in [2.24, 2.45) is 0 Å². The number of rotatable bonds is 11. The van der Waals surface area contributed by atoms with Gasteiger partial charge in [-0.2, -0.15) is 0 Å². The Morgan fingerprint density at radius 3 is 2.29 bits per heavy atom. The van der Waals surface area contributed by atoms with Crippen LogP contribution in [0.25, 0.3) is 0 Å². The van der Waals surface area contributed by atoms with Crippen molar-refractivity contribution in [3.8, 4) is 5.75 Å². The molecule has 0 radical (unpaired) electrons. The molecule has 0 saturated heterocycles. The minimum absolute atomic E-state index is 0.0128. The van der Waals surface area contributed by atoms with E-state index < -0.39 is 10.0 Å². The van der Waals surface area contributed by atoms with Crippen LogP contribution in [0.15, 0.2) is 57.9 Å². The van der Waals surface area contributed by atoms with Gasteiger partial charge in [0.2, 0.25) is 5.95 Å². The summed E-state index contributed by atoms with van der Waals surface area (Å²) in [5.41, 5.74) is 2.22. The van der Waals surface area contributed by atoms with Crippen LogP contribution in [0.4, 0.5) is 11.6 Å². The number of nitrogens with one attached hydrogen (secondary N) is 2. The van der Waals surface area contributed by atoms with E-state index in [1.54, 1.807) is 38.1 Å². The number of benzene rings is 2. The molecule has 0 aliphatic heterocycles. The maximum absolute atomic E-state index is 12.7. The zero-order chi connectivity index (χ0) is 25.4. The van der Waals surface area contributed by atoms with Gasteiger partial charge in [-0.15, -0.1) is 0 Å². The Morgan fingerprint density at radius 2 is 1.66 bits per heavy atom. The van der Waals surface area contributed by atoms with Gasteiger partial charge >= 0.3 is 0 Å². The first-order valence-corrected chi connectivity index (χ1v) is 13.6. The van der Waals surface area contributed by atoms with Crippen LogP contribution in [0.2, 0.25) is 0 Å². The molecule has 35 heavy (non-hydrogen) atoms. The largest absolute Gasteiger partial charge is 0.492 e. The summed E-state index contributed by atoms with van der Waals surface area (Å²) in [4.78, 5) is 20.9. The summed E-state index contributed by atoms with van der Waals surface area (Å²) in [6.45, 7) is 6.32. The van der Waals surface area contributed by atoms with Gasteiger partial charge in [0.1, 0.15) is 5.75 Å². The monoisotopic (exact) mass is 560 g/mol. The van der Waals surface area contributed by atoms with E-state index in [1.807, 2.05) is 0 Å². The van der Waals surface area contributed by atoms with Crippen molar-refractivity contribution < 1.29 is 17.9 Å². The highest BCUT2D eigenvalue weighted by Crippen LogP contribution is 2.27. The Bertz CT molecular complexity index is 1260. The first kappa shape index (κ1) is 26.6. The molecule has 8 nitrogen and oxygen atoms in total. The highest BCUT2D eigenvalue weighted by molar-refractivity contribution is 9.10. The minimum atomic E-state index is -3.88. The van der Waals surface area contributed by atoms with Crippen LogP contribution < -0.4 is 14.8 Å². The number of nitrogens with zero attached hydrogens (tertiary/aromatic N) is 2. The van der Waals surface area contributed by atoms with Crippen LogP contribution in [0.5, 0.6) is 5.75 Å². The van der Waals surface area contributed by atoms with E-state index >= 15 is 0 Å². The number of anilines is 2. The van der Waals surface area contributed by atoms with Gasteiger partial charge < -0.3 is 10.1 Å². The van der Waals surface area contributed by atoms with Gasteiger partial charge in [0.15, 0.2) is 0 Å². The van der Waals surface area contributed by atoms with Gasteiger partial charge in [-0.25, -0.2) is 23.1 Å². The fourth-order valence-electron chi connectivity index (χ4n) is 3.34. The van der Waals surface area contributed by atoms with E-state index in [0.717, 1.165) is 12.8 Å². The Labute approximate surface area is 214 Å². The Kier molecular flexibility index (Phi) is 9.22. The van der Waals surface area contributed by atoms with Gasteiger partial charge in [-0.1, -0.05) is 26.2 Å². The second-order valence-electron chi connectivity index (χ2n) is 8.11. The molecule has 0 aliphatic carbocycles. The van der Waals surface area contributed by atoms with Crippen LogP contribution in [0, 0.1) is 13.8 Å². The number of amides is 1. The lowest BCUT2D eigenvalue weighted by Gasteiger charge is -2.11. The number of aromatic nitrogens is 2. The number of hydrogen-bond acceptors (Lipinski definition) is 6. The highest BCUT2D eigenvalue weighted by Gasteiger charge is 2.17. The summed E-state index contributed by atoms with van der Waals surface area (Å²) in [6.07, 6.45) is 4.48. The second-order valence-corrected chi connectivity index (χ2v) is 10.6. The molecule has 1 aromatic heterocycles. The molecule has 186 valence electrons. The van der Waals surface area contributed by atoms with Crippen molar-refractivity contribution in [2.75, 3.05) is 16.6 Å². The molecule has 2 aromatic carbocycles. The van der Waals surface area contributed by atoms with Crippen LogP contribution in [-0.4, -0.2) is 30.9 Å². The maximum Gasteiger partial charge on any atom is 0.264 e. The number of hydrogen-bond donors (Lipinski definition) is 2. The average Bonchev–Trinajstić information content (AvgIpc) is 2.79. The smallest absolute Gasteiger partial charge is 0.264 e. The molecule has 0 atom stereocenters. The molecule has 0 saturated carbocycles. The average molecular weight is 562 g/mol. The molecular weight excluding hydrogens is 532 g/mol. The summed E-state index contributed by atoms with van der Waals surface area (Å²) < 4.78 is 34.2. The SMILES string of the molecule is CCCCCCOc1ccc(C(=O)Nc2ccc(S(=O)(=O)Nc3nc(C)cc(C)n3)cc2)cc1Br. The summed E-state index contributed by atoms with van der Waals surface area (Å²) in [5.74, 6) is 0.379. The number of carbonyl (C=O) groups excluding carboxylic acids is 1. The van der Waals surface area contributed by atoms with Gasteiger partial charge in [0.25, 0.3) is 15.9 Å². The third-order valence-electron chi connectivity index (χ3n) is 5.08. The Balaban J connectivity index is 1.61. The van der Waals surface area contributed by atoms with Crippen molar-refractivity contribution in [2.45, 2.75) is 51.3 Å². The zero-order valence-electron chi connectivity index (χ0n) is 20.0. The molecule has 10 heteroatoms. The van der Waals surface area contributed by atoms with Crippen LogP contribution >= 0.6 is 15.9 Å². The summed E-state index contributed by atoms with van der Waals surface area (Å²) >= 11 is 3.46. The predicted octanol–water partition coefficient (Wildman–Crippen LogP) is 5.87. The molecule has 0 unspecified atom stereocenters. The van der Waals surface area contributed by atoms with Crippen LogP contribution in [-0.2, 0) is 10.0 Å². The van der Waals surface area contributed by atoms with Gasteiger partial charge in [0, 0.05) is 22.6 Å². The van der Waals surface area contributed by atoms with Crippen molar-refractivity contribution in [3.63, 3.8) is 0 Å². The van der Waals surface area contributed by atoms with Crippen LogP contribution in [0.3, 0.4) is 0 Å². The Hall–Kier alpha value is -2.98. The normalized spacial score (nSPS) is 11.2. The third kappa shape index (κ3) is 7.76. The summed E-state index contributed by atoms with van der Waals surface area (Å²) in [6, 6.07) is 12.8. The molecule has 0 spiro atoms. The molecule has 3 rings (SSSR count). The Morgan fingerprint density at radius 1 is 0.971 bits per heavy atom. The summed E-state index contributed by atoms with van der Waals surface area (Å²) in [5, 5.41) is 2.77. The fraction of sp³-hybridized carbons (Fsp3) is 0.320. The number of carbonyl (C=O) groups is 1. The molecule has 3 aromatic rings. The first-order valence-electron chi connectivity index (χ1n) is 11.4. The molecule has 1 amide bonds. The molecule has 1 heterocycles.